The Bertz CT molecular complexity index is 50.8. The molecule has 10 heavy (non-hydrogen) atoms. The van der Waals surface area contributed by atoms with Crippen molar-refractivity contribution in [1.82, 2.24) is 0 Å². The Morgan fingerprint density at radius 2 is 1.40 bits per heavy atom. The van der Waals surface area contributed by atoms with Gasteiger partial charge < -0.3 is 0 Å². The number of hydrogen-bond donors (Lipinski definition) is 0. The average molecular weight is 156 g/mol. The predicted octanol–water partition coefficient (Wildman–Crippen LogP) is 3.58. The maximum absolute atomic E-state index is 8.00. The molecular weight excluding hydrogens is 141 g/mol. The van der Waals surface area contributed by atoms with Crippen LogP contribution in [0.2, 0.25) is 0 Å². The molecule has 0 amide bonds. The van der Waals surface area contributed by atoms with Gasteiger partial charge in [0.05, 0.1) is 0 Å². The summed E-state index contributed by atoms with van der Waals surface area (Å²) in [6.45, 7) is 2.36. The first kappa shape index (κ1) is 12.5. The van der Waals surface area contributed by atoms with E-state index in [9.17, 15) is 0 Å². The Balaban J connectivity index is 0. The molecule has 0 spiro atoms. The van der Waals surface area contributed by atoms with E-state index in [0.717, 1.165) is 5.92 Å². The van der Waals surface area contributed by atoms with Gasteiger partial charge >= 0.3 is 0 Å². The molecule has 0 aromatic heterocycles. The first-order valence-electron chi connectivity index (χ1n) is 3.54. The van der Waals surface area contributed by atoms with E-state index in [2.05, 4.69) is 6.92 Å². The molecule has 1 saturated carbocycles. The third-order valence-corrected chi connectivity index (χ3v) is 1.89. The van der Waals surface area contributed by atoms with Gasteiger partial charge in [-0.3, -0.25) is 4.70 Å². The molecule has 1 aliphatic carbocycles. The lowest BCUT2D eigenvalue weighted by atomic mass is 9.91. The second-order valence-corrected chi connectivity index (χ2v) is 2.74. The number of hydrogen-bond acceptors (Lipinski definition) is 0. The van der Waals surface area contributed by atoms with E-state index < -0.39 is 0 Å². The molecule has 0 saturated heterocycles. The molecule has 0 heterocycles. The van der Waals surface area contributed by atoms with Gasteiger partial charge in [-0.2, -0.15) is 0 Å². The highest BCUT2D eigenvalue weighted by Crippen LogP contribution is 2.21. The first-order chi connectivity index (χ1) is 4.39. The van der Waals surface area contributed by atoms with Gasteiger partial charge in [0.2, 0.25) is 0 Å². The van der Waals surface area contributed by atoms with Gasteiger partial charge in [0.25, 0.3) is 0 Å². The third-order valence-electron chi connectivity index (χ3n) is 1.89. The highest BCUT2D eigenvalue weighted by Gasteiger charge is 2.05. The van der Waals surface area contributed by atoms with Crippen molar-refractivity contribution >= 4 is 0 Å². The van der Waals surface area contributed by atoms with Gasteiger partial charge in [-0.1, -0.05) is 39.0 Å². The zero-order chi connectivity index (χ0) is 7.11. The zero-order valence-electron chi connectivity index (χ0n) is 6.28. The Labute approximate surface area is 59.8 Å². The smallest absolute Gasteiger partial charge is 0 e. The predicted molar refractivity (Wildman–Crippen MR) is 37.0 cm³/mol. The minimum Gasteiger partial charge on any atom is -0.269 e. The summed E-state index contributed by atoms with van der Waals surface area (Å²) in [7, 11) is 0. The fourth-order valence-electron chi connectivity index (χ4n) is 1.31. The van der Waals surface area contributed by atoms with Crippen molar-refractivity contribution in [1.29, 1.82) is 0 Å². The average Bonchev–Trinajstić information content (AvgIpc) is 1.94. The zero-order valence-corrected chi connectivity index (χ0v) is 6.28. The molecule has 0 aromatic carbocycles. The minimum atomic E-state index is 0. The summed E-state index contributed by atoms with van der Waals surface area (Å²) in [5.74, 6) is 1.04. The van der Waals surface area contributed by atoms with Crippen LogP contribution >= 0.6 is 0 Å². The summed E-state index contributed by atoms with van der Waals surface area (Å²) in [6.07, 6.45) is 7.44. The number of halogens is 3. The summed E-state index contributed by atoms with van der Waals surface area (Å²) in [5.41, 5.74) is 0. The molecule has 0 bridgehead atoms. The minimum absolute atomic E-state index is 0. The molecule has 1 fully saturated rings. The molecule has 64 valence electrons. The fraction of sp³-hybridized carbons (Fsp3) is 1.00. The molecule has 0 radical (unpaired) electrons. The standard InChI is InChI=1S/C7H14.F2.FH/c1-7-5-3-2-4-6-7;1-2;/h7H,2-6H2,1H3;;1H. The number of rotatable bonds is 0. The summed E-state index contributed by atoms with van der Waals surface area (Å²) in [4.78, 5) is 0. The van der Waals surface area contributed by atoms with E-state index >= 15 is 0 Å². The Hall–Kier alpha value is -0.210. The van der Waals surface area contributed by atoms with Crippen molar-refractivity contribution in [3.63, 3.8) is 0 Å². The SMILES string of the molecule is CC1CCCCC1.F.FF. The monoisotopic (exact) mass is 156 g/mol. The van der Waals surface area contributed by atoms with E-state index in [1.165, 1.54) is 32.1 Å². The molecule has 0 atom stereocenters. The van der Waals surface area contributed by atoms with Gasteiger partial charge in [-0.25, -0.2) is 0 Å². The molecular formula is C7H15F3. The maximum atomic E-state index is 8.00. The molecule has 0 unspecified atom stereocenters. The van der Waals surface area contributed by atoms with Gasteiger partial charge in [-0.15, -0.1) is 0 Å². The van der Waals surface area contributed by atoms with Crippen molar-refractivity contribution in [2.75, 3.05) is 0 Å². The van der Waals surface area contributed by atoms with Crippen LogP contribution in [0.3, 0.4) is 0 Å². The van der Waals surface area contributed by atoms with E-state index in [0.29, 0.717) is 0 Å². The van der Waals surface area contributed by atoms with Crippen LogP contribution in [0, 0.1) is 5.92 Å². The lowest BCUT2D eigenvalue weighted by Crippen LogP contribution is -1.99. The van der Waals surface area contributed by atoms with Crippen molar-refractivity contribution in [3.8, 4) is 0 Å². The van der Waals surface area contributed by atoms with Crippen LogP contribution in [0.15, 0.2) is 0 Å². The van der Waals surface area contributed by atoms with Gasteiger partial charge in [0.1, 0.15) is 0 Å². The van der Waals surface area contributed by atoms with Gasteiger partial charge in [-0.05, 0) is 5.92 Å². The maximum Gasteiger partial charge on any atom is 0 e. The topological polar surface area (TPSA) is 0 Å². The van der Waals surface area contributed by atoms with E-state index in [-0.39, 0.29) is 4.70 Å². The normalized spacial score (nSPS) is 18.3. The van der Waals surface area contributed by atoms with Crippen LogP contribution in [-0.4, -0.2) is 0 Å². The van der Waals surface area contributed by atoms with Crippen molar-refractivity contribution in [3.05, 3.63) is 0 Å². The summed E-state index contributed by atoms with van der Waals surface area (Å²) in [5, 5.41) is 0. The molecule has 1 rings (SSSR count). The van der Waals surface area contributed by atoms with Crippen LogP contribution in [0.1, 0.15) is 39.0 Å². The molecule has 0 nitrogen and oxygen atoms in total. The Morgan fingerprint density at radius 3 is 1.60 bits per heavy atom. The summed E-state index contributed by atoms with van der Waals surface area (Å²) >= 11 is 0. The molecule has 3 heteroatoms. The summed E-state index contributed by atoms with van der Waals surface area (Å²) < 4.78 is 16.0. The fourth-order valence-corrected chi connectivity index (χ4v) is 1.31. The van der Waals surface area contributed by atoms with Crippen LogP contribution in [-0.2, 0) is 0 Å². The van der Waals surface area contributed by atoms with Crippen molar-refractivity contribution in [2.24, 2.45) is 5.92 Å². The van der Waals surface area contributed by atoms with Gasteiger partial charge in [0.15, 0.2) is 0 Å². The Morgan fingerprint density at radius 1 is 1.00 bits per heavy atom. The molecule has 0 N–H and O–H groups in total. The van der Waals surface area contributed by atoms with Crippen molar-refractivity contribution < 1.29 is 13.9 Å². The van der Waals surface area contributed by atoms with Crippen LogP contribution in [0.25, 0.3) is 0 Å². The van der Waals surface area contributed by atoms with Gasteiger partial charge in [0, 0.05) is 9.15 Å². The Kier molecular flexibility index (Phi) is 11.0. The van der Waals surface area contributed by atoms with E-state index in [1.807, 2.05) is 0 Å². The molecule has 0 aliphatic heterocycles. The van der Waals surface area contributed by atoms with E-state index in [1.54, 1.807) is 0 Å². The first-order valence-corrected chi connectivity index (χ1v) is 3.54. The van der Waals surface area contributed by atoms with Crippen LogP contribution in [0.4, 0.5) is 13.9 Å². The molecule has 1 aliphatic rings. The second-order valence-electron chi connectivity index (χ2n) is 2.74. The lowest BCUT2D eigenvalue weighted by Gasteiger charge is -2.15. The van der Waals surface area contributed by atoms with Crippen molar-refractivity contribution in [2.45, 2.75) is 39.0 Å². The van der Waals surface area contributed by atoms with E-state index in [4.69, 9.17) is 9.15 Å². The van der Waals surface area contributed by atoms with Crippen LogP contribution in [0.5, 0.6) is 0 Å². The summed E-state index contributed by atoms with van der Waals surface area (Å²) in [6, 6.07) is 0. The van der Waals surface area contributed by atoms with Crippen LogP contribution < -0.4 is 0 Å². The largest absolute Gasteiger partial charge is 0.269 e. The quantitative estimate of drug-likeness (QED) is 0.503. The third kappa shape index (κ3) is 5.92. The highest BCUT2D eigenvalue weighted by atomic mass is 20.0. The second kappa shape index (κ2) is 8.79. The highest BCUT2D eigenvalue weighted by molar-refractivity contribution is 4.59. The lowest BCUT2D eigenvalue weighted by molar-refractivity contribution is 0.108. The molecule has 0 aromatic rings.